The Morgan fingerprint density at radius 2 is 0.878 bits per heavy atom. The first-order valence-electron chi connectivity index (χ1n) is 16.7. The van der Waals surface area contributed by atoms with Gasteiger partial charge < -0.3 is 4.74 Å². The Labute approximate surface area is 292 Å². The van der Waals surface area contributed by atoms with Gasteiger partial charge in [-0.3, -0.25) is 9.59 Å². The molecule has 4 rings (SSSR count). The van der Waals surface area contributed by atoms with E-state index in [0.29, 0.717) is 22.9 Å². The smallest absolute Gasteiger partial charge is 0.186 e. The molecule has 0 bridgehead atoms. The van der Waals surface area contributed by atoms with Gasteiger partial charge in [0.05, 0.1) is 23.8 Å². The lowest BCUT2D eigenvalue weighted by Crippen LogP contribution is -2.27. The number of carbonyl (C=O) groups excluding carboxylic acids is 2. The highest BCUT2D eigenvalue weighted by molar-refractivity contribution is 6.12. The zero-order chi connectivity index (χ0) is 36.4. The van der Waals surface area contributed by atoms with Crippen LogP contribution in [0.2, 0.25) is 0 Å². The zero-order valence-electron chi connectivity index (χ0n) is 31.1. The van der Waals surface area contributed by atoms with Gasteiger partial charge in [0.25, 0.3) is 0 Å². The lowest BCUT2D eigenvalue weighted by Gasteiger charge is -2.31. The molecule has 0 amide bonds. The quantitative estimate of drug-likeness (QED) is 0.289. The first kappa shape index (κ1) is 37.0. The highest BCUT2D eigenvalue weighted by atomic mass is 16.5. The van der Waals surface area contributed by atoms with Crippen molar-refractivity contribution in [2.24, 2.45) is 42.1 Å². The van der Waals surface area contributed by atoms with Crippen LogP contribution < -0.4 is 4.74 Å². The van der Waals surface area contributed by atoms with E-state index in [2.05, 4.69) is 20.5 Å². The maximum absolute atomic E-state index is 13.2. The molecule has 0 fully saturated rings. The molecular formula is C42H50N4O3. The molecule has 2 aliphatic carbocycles. The molecule has 0 atom stereocenters. The number of azo groups is 2. The van der Waals surface area contributed by atoms with Crippen LogP contribution in [0.5, 0.6) is 11.5 Å². The van der Waals surface area contributed by atoms with Gasteiger partial charge in [0.15, 0.2) is 11.6 Å². The number of hydrogen-bond donors (Lipinski definition) is 0. The predicted molar refractivity (Wildman–Crippen MR) is 198 cm³/mol. The van der Waals surface area contributed by atoms with E-state index in [0.717, 1.165) is 33.4 Å². The predicted octanol–water partition coefficient (Wildman–Crippen LogP) is 12.5. The van der Waals surface area contributed by atoms with Crippen molar-refractivity contribution < 1.29 is 14.3 Å². The summed E-state index contributed by atoms with van der Waals surface area (Å²) in [6.07, 6.45) is 11.0. The van der Waals surface area contributed by atoms with Gasteiger partial charge in [-0.05, 0) is 93.5 Å². The minimum absolute atomic E-state index is 0.0878. The topological polar surface area (TPSA) is 92.8 Å². The Balaban J connectivity index is 1.47. The Morgan fingerprint density at radius 3 is 1.27 bits per heavy atom. The van der Waals surface area contributed by atoms with Gasteiger partial charge in [-0.25, -0.2) is 0 Å². The molecule has 0 spiro atoms. The SMILES string of the molecule is CC(C)(C)C1=CC(=CN=Nc2ccc(Oc3cccc(N=NC=C4C=C(C(C)(C)C)C(=O)C(C(C)(C)C)=C4)c3)cc2)C=C(C(C)(C)C)C1=O. The molecule has 2 aromatic carbocycles. The molecule has 0 saturated heterocycles. The number of rotatable bonds is 6. The number of ether oxygens (including phenoxy) is 1. The number of nitrogens with zero attached hydrogens (tertiary/aromatic N) is 4. The number of allylic oxidation sites excluding steroid dienone is 10. The minimum atomic E-state index is -0.290. The minimum Gasteiger partial charge on any atom is -0.457 e. The summed E-state index contributed by atoms with van der Waals surface area (Å²) in [4.78, 5) is 26.4. The highest BCUT2D eigenvalue weighted by Gasteiger charge is 2.35. The number of benzene rings is 2. The van der Waals surface area contributed by atoms with Crippen LogP contribution >= 0.6 is 0 Å². The van der Waals surface area contributed by atoms with Gasteiger partial charge in [0, 0.05) is 28.4 Å². The molecule has 2 aromatic rings. The summed E-state index contributed by atoms with van der Waals surface area (Å²) in [6.45, 7) is 24.6. The fourth-order valence-corrected chi connectivity index (χ4v) is 5.33. The van der Waals surface area contributed by atoms with Crippen LogP contribution in [0, 0.1) is 21.7 Å². The van der Waals surface area contributed by atoms with E-state index in [1.54, 1.807) is 12.4 Å². The van der Waals surface area contributed by atoms with Crippen LogP contribution in [0.4, 0.5) is 11.4 Å². The van der Waals surface area contributed by atoms with E-state index in [4.69, 9.17) is 4.74 Å². The number of Topliss-reactive ketones (excluding diaryl/α,β-unsaturated/α-hetero) is 2. The van der Waals surface area contributed by atoms with E-state index >= 15 is 0 Å². The van der Waals surface area contributed by atoms with Gasteiger partial charge in [-0.15, -0.1) is 0 Å². The van der Waals surface area contributed by atoms with Crippen molar-refractivity contribution in [1.29, 1.82) is 0 Å². The van der Waals surface area contributed by atoms with Gasteiger partial charge in [-0.1, -0.05) is 89.2 Å². The van der Waals surface area contributed by atoms with Crippen LogP contribution in [0.1, 0.15) is 83.1 Å². The van der Waals surface area contributed by atoms with Crippen molar-refractivity contribution >= 4 is 22.9 Å². The fraction of sp³-hybridized carbons (Fsp3) is 0.381. The Bertz CT molecular complexity index is 1790. The van der Waals surface area contributed by atoms with Crippen molar-refractivity contribution in [1.82, 2.24) is 0 Å². The largest absolute Gasteiger partial charge is 0.457 e. The van der Waals surface area contributed by atoms with Gasteiger partial charge in [0.2, 0.25) is 0 Å². The Morgan fingerprint density at radius 1 is 0.490 bits per heavy atom. The third-order valence-electron chi connectivity index (χ3n) is 8.10. The summed E-state index contributed by atoms with van der Waals surface area (Å²) in [5, 5.41) is 17.4. The number of hydrogen-bond acceptors (Lipinski definition) is 7. The van der Waals surface area contributed by atoms with Crippen molar-refractivity contribution in [2.45, 2.75) is 83.1 Å². The zero-order valence-corrected chi connectivity index (χ0v) is 31.1. The maximum Gasteiger partial charge on any atom is 0.186 e. The van der Waals surface area contributed by atoms with Gasteiger partial charge >= 0.3 is 0 Å². The summed E-state index contributed by atoms with van der Waals surface area (Å²) in [5.41, 5.74) is 4.91. The summed E-state index contributed by atoms with van der Waals surface area (Å²) < 4.78 is 6.08. The first-order valence-corrected chi connectivity index (χ1v) is 16.7. The van der Waals surface area contributed by atoms with E-state index in [1.165, 1.54) is 0 Å². The molecule has 2 aliphatic rings. The molecule has 0 radical (unpaired) electrons. The third kappa shape index (κ3) is 9.65. The molecule has 0 heterocycles. The molecular weight excluding hydrogens is 608 g/mol. The second-order valence-corrected chi connectivity index (χ2v) is 16.7. The third-order valence-corrected chi connectivity index (χ3v) is 8.10. The first-order chi connectivity index (χ1) is 22.6. The maximum atomic E-state index is 13.2. The Hall–Kier alpha value is -4.78. The van der Waals surface area contributed by atoms with Gasteiger partial charge in [-0.2, -0.15) is 20.5 Å². The van der Waals surface area contributed by atoms with Crippen LogP contribution in [0.3, 0.4) is 0 Å². The lowest BCUT2D eigenvalue weighted by molar-refractivity contribution is -0.114. The molecule has 256 valence electrons. The summed E-state index contributed by atoms with van der Waals surface area (Å²) in [6, 6.07) is 14.7. The van der Waals surface area contributed by atoms with E-state index < -0.39 is 0 Å². The molecule has 7 heteroatoms. The van der Waals surface area contributed by atoms with Crippen molar-refractivity contribution in [3.8, 4) is 11.5 Å². The monoisotopic (exact) mass is 658 g/mol. The summed E-state index contributed by atoms with van der Waals surface area (Å²) >= 11 is 0. The van der Waals surface area contributed by atoms with Crippen molar-refractivity contribution in [2.75, 3.05) is 0 Å². The number of ketones is 2. The molecule has 0 aliphatic heterocycles. The summed E-state index contributed by atoms with van der Waals surface area (Å²) in [7, 11) is 0. The molecule has 0 aromatic heterocycles. The molecule has 0 unspecified atom stereocenters. The second-order valence-electron chi connectivity index (χ2n) is 16.7. The second kappa shape index (κ2) is 14.0. The van der Waals surface area contributed by atoms with Crippen LogP contribution in [-0.2, 0) is 9.59 Å². The molecule has 0 N–H and O–H groups in total. The lowest BCUT2D eigenvalue weighted by atomic mass is 9.72. The summed E-state index contributed by atoms with van der Waals surface area (Å²) in [5.74, 6) is 1.44. The van der Waals surface area contributed by atoms with E-state index in [-0.39, 0.29) is 33.2 Å². The van der Waals surface area contributed by atoms with E-state index in [1.807, 2.05) is 156 Å². The van der Waals surface area contributed by atoms with E-state index in [9.17, 15) is 9.59 Å². The van der Waals surface area contributed by atoms with Gasteiger partial charge in [0.1, 0.15) is 11.5 Å². The average Bonchev–Trinajstić information content (AvgIpc) is 2.97. The molecule has 7 nitrogen and oxygen atoms in total. The van der Waals surface area contributed by atoms with Crippen molar-refractivity contribution in [3.05, 3.63) is 119 Å². The van der Waals surface area contributed by atoms with Crippen molar-refractivity contribution in [3.63, 3.8) is 0 Å². The fourth-order valence-electron chi connectivity index (χ4n) is 5.33. The normalized spacial score (nSPS) is 16.5. The highest BCUT2D eigenvalue weighted by Crippen LogP contribution is 2.40. The molecule has 49 heavy (non-hydrogen) atoms. The molecule has 0 saturated carbocycles. The number of carbonyl (C=O) groups is 2. The van der Waals surface area contributed by atoms with Crippen LogP contribution in [0.25, 0.3) is 0 Å². The standard InChI is InChI=1S/C42H50N4O3/c1-39(2,3)33-20-27(21-34(37(33)47)40(4,5)6)25-43-45-29-16-18-31(19-17-29)49-32-15-13-14-30(24-32)46-44-26-28-22-35(41(7,8)9)38(48)36(23-28)42(10,11)12/h13-26H,1-12H3. The van der Waals surface area contributed by atoms with Crippen LogP contribution in [-0.4, -0.2) is 11.6 Å². The Kier molecular flexibility index (Phi) is 10.6. The average molecular weight is 659 g/mol. The van der Waals surface area contributed by atoms with Crippen LogP contribution in [0.15, 0.2) is 139 Å².